The van der Waals surface area contributed by atoms with E-state index in [1.807, 2.05) is 66.7 Å². The highest BCUT2D eigenvalue weighted by Gasteiger charge is 2.07. The monoisotopic (exact) mass is 567 g/mol. The molecule has 3 aromatic carbocycles. The van der Waals surface area contributed by atoms with E-state index in [1.54, 1.807) is 18.5 Å². The summed E-state index contributed by atoms with van der Waals surface area (Å²) in [5.41, 5.74) is 4.95. The van der Waals surface area contributed by atoms with E-state index in [2.05, 4.69) is 47.4 Å². The van der Waals surface area contributed by atoms with Crippen molar-refractivity contribution in [3.05, 3.63) is 99.1 Å². The number of ether oxygens (including phenoxy) is 2. The molecule has 0 radical (unpaired) electrons. The van der Waals surface area contributed by atoms with Crippen LogP contribution in [0.25, 0.3) is 10.9 Å². The molecule has 4 aromatic rings. The summed E-state index contributed by atoms with van der Waals surface area (Å²) in [7, 11) is 0. The van der Waals surface area contributed by atoms with Gasteiger partial charge in [-0.1, -0.05) is 62.2 Å². The fraction of sp³-hybridized carbons (Fsp3) is 0.0800. The molecule has 8 heteroatoms. The Hall–Kier alpha value is -3.23. The summed E-state index contributed by atoms with van der Waals surface area (Å²) < 4.78 is 13.5. The van der Waals surface area contributed by atoms with E-state index >= 15 is 0 Å². The number of aromatic nitrogens is 1. The number of halogens is 2. The number of hydrogen-bond donors (Lipinski definition) is 1. The van der Waals surface area contributed by atoms with Gasteiger partial charge in [0.1, 0.15) is 23.6 Å². The molecule has 0 fully saturated rings. The van der Waals surface area contributed by atoms with Crippen LogP contribution in [-0.4, -0.2) is 23.7 Å². The number of amides is 1. The molecular formula is C25H19Br2N3O3. The Bertz CT molecular complexity index is 1290. The highest BCUT2D eigenvalue weighted by molar-refractivity contribution is 9.10. The zero-order valence-electron chi connectivity index (χ0n) is 17.4. The molecule has 33 heavy (non-hydrogen) atoms. The number of rotatable bonds is 8. The molecule has 0 unspecified atom stereocenters. The molecular weight excluding hydrogens is 550 g/mol. The summed E-state index contributed by atoms with van der Waals surface area (Å²) in [5, 5.41) is 5.00. The van der Waals surface area contributed by atoms with Crippen LogP contribution in [0.2, 0.25) is 0 Å². The maximum Gasteiger partial charge on any atom is 0.277 e. The minimum atomic E-state index is -0.383. The zero-order valence-corrected chi connectivity index (χ0v) is 20.5. The summed E-state index contributed by atoms with van der Waals surface area (Å²) in [4.78, 5) is 16.5. The van der Waals surface area contributed by atoms with Gasteiger partial charge in [0, 0.05) is 26.1 Å². The summed E-state index contributed by atoms with van der Waals surface area (Å²) in [5.74, 6) is 0.812. The van der Waals surface area contributed by atoms with Gasteiger partial charge in [-0.15, -0.1) is 0 Å². The van der Waals surface area contributed by atoms with Crippen LogP contribution in [-0.2, 0) is 11.4 Å². The van der Waals surface area contributed by atoms with Crippen molar-refractivity contribution in [1.82, 2.24) is 10.4 Å². The third-order valence-electron chi connectivity index (χ3n) is 4.63. The van der Waals surface area contributed by atoms with Gasteiger partial charge in [0.25, 0.3) is 5.91 Å². The van der Waals surface area contributed by atoms with E-state index in [1.165, 1.54) is 0 Å². The van der Waals surface area contributed by atoms with E-state index < -0.39 is 0 Å². The molecule has 0 atom stereocenters. The fourth-order valence-corrected chi connectivity index (χ4v) is 3.68. The third kappa shape index (κ3) is 6.40. The number of fused-ring (bicyclic) bond motifs is 1. The lowest BCUT2D eigenvalue weighted by Gasteiger charge is -2.10. The summed E-state index contributed by atoms with van der Waals surface area (Å²) in [6.07, 6.45) is 3.23. The molecule has 6 nitrogen and oxygen atoms in total. The molecule has 1 N–H and O–H groups in total. The van der Waals surface area contributed by atoms with Gasteiger partial charge in [-0.05, 0) is 48.0 Å². The summed E-state index contributed by atoms with van der Waals surface area (Å²) in [6, 6.07) is 22.9. The molecule has 0 saturated carbocycles. The first-order chi connectivity index (χ1) is 16.1. The summed E-state index contributed by atoms with van der Waals surface area (Å²) in [6.45, 7) is 0.230. The number of benzene rings is 3. The number of hydrogen-bond acceptors (Lipinski definition) is 5. The average Bonchev–Trinajstić information content (AvgIpc) is 2.83. The van der Waals surface area contributed by atoms with Gasteiger partial charge in [0.05, 0.1) is 6.21 Å². The zero-order chi connectivity index (χ0) is 23.0. The van der Waals surface area contributed by atoms with Crippen LogP contribution in [0.5, 0.6) is 11.5 Å². The number of nitrogens with one attached hydrogen (secondary N) is 1. The van der Waals surface area contributed by atoms with Crippen molar-refractivity contribution in [3.8, 4) is 11.5 Å². The first-order valence-corrected chi connectivity index (χ1v) is 11.6. The Morgan fingerprint density at radius 3 is 2.58 bits per heavy atom. The van der Waals surface area contributed by atoms with Crippen molar-refractivity contribution in [1.29, 1.82) is 0 Å². The fourth-order valence-electron chi connectivity index (χ4n) is 3.04. The normalized spacial score (nSPS) is 11.0. The van der Waals surface area contributed by atoms with Gasteiger partial charge >= 0.3 is 0 Å². The minimum Gasteiger partial charge on any atom is -0.488 e. The lowest BCUT2D eigenvalue weighted by molar-refractivity contribution is -0.123. The topological polar surface area (TPSA) is 72.8 Å². The first-order valence-electron chi connectivity index (χ1n) is 10.0. The first kappa shape index (κ1) is 22.9. The second-order valence-corrected chi connectivity index (χ2v) is 8.84. The van der Waals surface area contributed by atoms with Crippen molar-refractivity contribution >= 4 is 54.9 Å². The smallest absolute Gasteiger partial charge is 0.277 e. The second kappa shape index (κ2) is 11.1. The van der Waals surface area contributed by atoms with Crippen LogP contribution in [0.3, 0.4) is 0 Å². The van der Waals surface area contributed by atoms with E-state index in [9.17, 15) is 4.79 Å². The second-order valence-electron chi connectivity index (χ2n) is 7.01. The van der Waals surface area contributed by atoms with Crippen LogP contribution in [0, 0.1) is 0 Å². The Morgan fingerprint density at radius 1 is 0.939 bits per heavy atom. The molecule has 1 aromatic heterocycles. The molecule has 0 aliphatic carbocycles. The van der Waals surface area contributed by atoms with E-state index in [0.717, 1.165) is 25.5 Å². The molecule has 0 aliphatic rings. The van der Waals surface area contributed by atoms with E-state index in [4.69, 9.17) is 9.47 Å². The van der Waals surface area contributed by atoms with Crippen LogP contribution >= 0.6 is 31.9 Å². The van der Waals surface area contributed by atoms with E-state index in [-0.39, 0.29) is 12.5 Å². The van der Waals surface area contributed by atoms with Crippen molar-refractivity contribution < 1.29 is 14.3 Å². The van der Waals surface area contributed by atoms with Gasteiger partial charge in [-0.25, -0.2) is 5.43 Å². The van der Waals surface area contributed by atoms with E-state index in [0.29, 0.717) is 23.6 Å². The predicted octanol–water partition coefficient (Wildman–Crippen LogP) is 5.87. The lowest BCUT2D eigenvalue weighted by atomic mass is 10.2. The van der Waals surface area contributed by atoms with Crippen LogP contribution < -0.4 is 14.9 Å². The maximum absolute atomic E-state index is 12.2. The lowest BCUT2D eigenvalue weighted by Crippen LogP contribution is -2.24. The van der Waals surface area contributed by atoms with Crippen LogP contribution in [0.15, 0.2) is 93.0 Å². The Morgan fingerprint density at radius 2 is 1.73 bits per heavy atom. The standard InChI is InChI=1S/C25H19Br2N3O3/c26-20-8-6-17(7-9-20)15-32-22-11-10-21(27)13-19(22)14-29-30-24(31)16-33-23-5-1-3-18-4-2-12-28-25(18)23/h1-14H,15-16H2,(H,30,31)/b29-14+. The maximum atomic E-state index is 12.2. The molecule has 0 spiro atoms. The van der Waals surface area contributed by atoms with Gasteiger partial charge in [0.15, 0.2) is 6.61 Å². The minimum absolute atomic E-state index is 0.182. The number of nitrogens with zero attached hydrogens (tertiary/aromatic N) is 2. The quantitative estimate of drug-likeness (QED) is 0.213. The predicted molar refractivity (Wildman–Crippen MR) is 136 cm³/mol. The Kier molecular flexibility index (Phi) is 7.70. The van der Waals surface area contributed by atoms with Crippen LogP contribution in [0.1, 0.15) is 11.1 Å². The number of pyridine rings is 1. The van der Waals surface area contributed by atoms with Crippen molar-refractivity contribution in [3.63, 3.8) is 0 Å². The Balaban J connectivity index is 1.35. The highest BCUT2D eigenvalue weighted by atomic mass is 79.9. The van der Waals surface area contributed by atoms with Crippen molar-refractivity contribution in [2.75, 3.05) is 6.61 Å². The third-order valence-corrected chi connectivity index (χ3v) is 5.65. The molecule has 0 saturated heterocycles. The number of carbonyl (C=O) groups is 1. The van der Waals surface area contributed by atoms with Crippen LogP contribution in [0.4, 0.5) is 0 Å². The van der Waals surface area contributed by atoms with Gasteiger partial charge < -0.3 is 9.47 Å². The SMILES string of the molecule is O=C(COc1cccc2cccnc12)N/N=C/c1cc(Br)ccc1OCc1ccc(Br)cc1. The molecule has 0 aliphatic heterocycles. The molecule has 1 amide bonds. The van der Waals surface area contributed by atoms with Crippen molar-refractivity contribution in [2.45, 2.75) is 6.61 Å². The number of carbonyl (C=O) groups excluding carboxylic acids is 1. The molecule has 1 heterocycles. The van der Waals surface area contributed by atoms with Gasteiger partial charge in [0.2, 0.25) is 0 Å². The highest BCUT2D eigenvalue weighted by Crippen LogP contribution is 2.24. The molecule has 4 rings (SSSR count). The average molecular weight is 569 g/mol. The van der Waals surface area contributed by atoms with Gasteiger partial charge in [-0.2, -0.15) is 5.10 Å². The summed E-state index contributed by atoms with van der Waals surface area (Å²) >= 11 is 6.88. The Labute approximate surface area is 207 Å². The number of para-hydroxylation sites is 1. The molecule has 0 bridgehead atoms. The van der Waals surface area contributed by atoms with Crippen molar-refractivity contribution in [2.24, 2.45) is 5.10 Å². The largest absolute Gasteiger partial charge is 0.488 e. The number of hydrazone groups is 1. The van der Waals surface area contributed by atoms with Gasteiger partial charge in [-0.3, -0.25) is 9.78 Å². The molecule has 166 valence electrons.